The molecular weight excluding hydrogens is 399 g/mol. The predicted molar refractivity (Wildman–Crippen MR) is 90.4 cm³/mol. The fourth-order valence-electron chi connectivity index (χ4n) is 2.26. The zero-order valence-corrected chi connectivity index (χ0v) is 14.9. The molecule has 0 fully saturated rings. The van der Waals surface area contributed by atoms with Crippen LogP contribution in [0.1, 0.15) is 5.56 Å². The Balaban J connectivity index is 2.29. The van der Waals surface area contributed by atoms with Gasteiger partial charge in [-0.25, -0.2) is 4.98 Å². The minimum atomic E-state index is -5.81. The number of thiazole rings is 1. The average molecular weight is 408 g/mol. The summed E-state index contributed by atoms with van der Waals surface area (Å²) in [5, 5.41) is 0.433. The molecule has 4 nitrogen and oxygen atoms in total. The second-order valence-corrected chi connectivity index (χ2v) is 7.92. The summed E-state index contributed by atoms with van der Waals surface area (Å²) in [4.78, 5) is 4.13. The third kappa shape index (κ3) is 3.31. The van der Waals surface area contributed by atoms with E-state index in [2.05, 4.69) is 9.17 Å². The van der Waals surface area contributed by atoms with Gasteiger partial charge in [-0.15, -0.1) is 11.3 Å². The SMILES string of the molecule is Cc1cc2ncsc2c(-c2ccc(Cl)cc2)c1OS(=O)(=O)C(F)(F)F. The molecule has 3 rings (SSSR count). The quantitative estimate of drug-likeness (QED) is 0.445. The van der Waals surface area contributed by atoms with E-state index in [0.717, 1.165) is 0 Å². The minimum Gasteiger partial charge on any atom is -0.375 e. The van der Waals surface area contributed by atoms with Crippen LogP contribution in [0, 0.1) is 6.92 Å². The average Bonchev–Trinajstić information content (AvgIpc) is 2.95. The summed E-state index contributed by atoms with van der Waals surface area (Å²) in [6.07, 6.45) is 0. The van der Waals surface area contributed by atoms with Crippen molar-refractivity contribution < 1.29 is 25.8 Å². The van der Waals surface area contributed by atoms with Crippen LogP contribution < -0.4 is 4.18 Å². The Kier molecular flexibility index (Phi) is 4.42. The van der Waals surface area contributed by atoms with Gasteiger partial charge >= 0.3 is 15.6 Å². The second-order valence-electron chi connectivity index (χ2n) is 5.09. The van der Waals surface area contributed by atoms with Crippen LogP contribution in [0.25, 0.3) is 21.3 Å². The molecule has 0 aliphatic carbocycles. The molecule has 0 saturated carbocycles. The molecule has 1 aromatic heterocycles. The Morgan fingerprint density at radius 2 is 1.84 bits per heavy atom. The van der Waals surface area contributed by atoms with Gasteiger partial charge in [0, 0.05) is 10.6 Å². The highest BCUT2D eigenvalue weighted by Crippen LogP contribution is 2.43. The second kappa shape index (κ2) is 6.15. The topological polar surface area (TPSA) is 56.3 Å². The molecule has 0 aliphatic heterocycles. The molecule has 0 aliphatic rings. The van der Waals surface area contributed by atoms with E-state index in [9.17, 15) is 21.6 Å². The van der Waals surface area contributed by atoms with Crippen LogP contribution in [0.5, 0.6) is 5.75 Å². The van der Waals surface area contributed by atoms with Crippen molar-refractivity contribution in [1.29, 1.82) is 0 Å². The number of fused-ring (bicyclic) bond motifs is 1. The number of halogens is 4. The summed E-state index contributed by atoms with van der Waals surface area (Å²) in [6, 6.07) is 7.72. The molecular formula is C15H9ClF3NO3S2. The number of rotatable bonds is 3. The van der Waals surface area contributed by atoms with E-state index in [0.29, 0.717) is 20.8 Å². The molecule has 0 amide bonds. The van der Waals surface area contributed by atoms with Gasteiger partial charge in [-0.05, 0) is 36.2 Å². The van der Waals surface area contributed by atoms with Gasteiger partial charge in [-0.3, -0.25) is 0 Å². The Bertz CT molecular complexity index is 1040. The van der Waals surface area contributed by atoms with Gasteiger partial charge in [0.05, 0.1) is 15.7 Å². The molecule has 0 unspecified atom stereocenters. The van der Waals surface area contributed by atoms with Crippen molar-refractivity contribution in [3.8, 4) is 16.9 Å². The van der Waals surface area contributed by atoms with Crippen LogP contribution in [-0.2, 0) is 10.1 Å². The minimum absolute atomic E-state index is 0.219. The maximum atomic E-state index is 12.8. The molecule has 10 heteroatoms. The predicted octanol–water partition coefficient (Wildman–Crippen LogP) is 5.15. The third-order valence-corrected chi connectivity index (χ3v) is 5.43. The van der Waals surface area contributed by atoms with E-state index >= 15 is 0 Å². The van der Waals surface area contributed by atoms with Crippen molar-refractivity contribution in [2.45, 2.75) is 12.4 Å². The van der Waals surface area contributed by atoms with Crippen molar-refractivity contribution >= 4 is 43.3 Å². The maximum absolute atomic E-state index is 12.8. The molecule has 0 atom stereocenters. The fourth-order valence-corrected chi connectivity index (χ4v) is 3.75. The summed E-state index contributed by atoms with van der Waals surface area (Å²) in [5.41, 5.74) is -2.57. The Labute approximate surface area is 150 Å². The zero-order chi connectivity index (χ0) is 18.4. The molecule has 0 N–H and O–H groups in total. The van der Waals surface area contributed by atoms with Gasteiger partial charge in [0.2, 0.25) is 0 Å². The molecule has 0 saturated heterocycles. The molecule has 0 bridgehead atoms. The molecule has 2 aromatic carbocycles. The van der Waals surface area contributed by atoms with Gasteiger partial charge in [0.15, 0.2) is 5.75 Å². The van der Waals surface area contributed by atoms with Gasteiger partial charge in [0.1, 0.15) is 0 Å². The first-order chi connectivity index (χ1) is 11.6. The molecule has 0 spiro atoms. The standard InChI is InChI=1S/C15H9ClF3NO3S2/c1-8-6-11-14(24-7-20-11)12(9-2-4-10(16)5-3-9)13(8)23-25(21,22)15(17,18)19/h2-7H,1H3. The lowest BCUT2D eigenvalue weighted by Gasteiger charge is -2.16. The van der Waals surface area contributed by atoms with Crippen molar-refractivity contribution in [2.75, 3.05) is 0 Å². The number of benzene rings is 2. The van der Waals surface area contributed by atoms with E-state index in [1.54, 1.807) is 24.3 Å². The first kappa shape index (κ1) is 18.0. The fraction of sp³-hybridized carbons (Fsp3) is 0.133. The largest absolute Gasteiger partial charge is 0.534 e. The summed E-state index contributed by atoms with van der Waals surface area (Å²) in [7, 11) is -5.81. The highest BCUT2D eigenvalue weighted by Gasteiger charge is 2.49. The van der Waals surface area contributed by atoms with Gasteiger partial charge in [0.25, 0.3) is 0 Å². The van der Waals surface area contributed by atoms with Crippen LogP contribution in [0.2, 0.25) is 5.02 Å². The first-order valence-electron chi connectivity index (χ1n) is 6.73. The van der Waals surface area contributed by atoms with E-state index in [-0.39, 0.29) is 16.9 Å². The summed E-state index contributed by atoms with van der Waals surface area (Å²) >= 11 is 7.02. The monoisotopic (exact) mass is 407 g/mol. The molecule has 132 valence electrons. The molecule has 0 radical (unpaired) electrons. The van der Waals surface area contributed by atoms with Crippen LogP contribution in [0.3, 0.4) is 0 Å². The smallest absolute Gasteiger partial charge is 0.375 e. The zero-order valence-electron chi connectivity index (χ0n) is 12.5. The van der Waals surface area contributed by atoms with Crippen molar-refractivity contribution in [1.82, 2.24) is 4.98 Å². The van der Waals surface area contributed by atoms with E-state index < -0.39 is 15.6 Å². The Morgan fingerprint density at radius 1 is 1.20 bits per heavy atom. The number of aryl methyl sites for hydroxylation is 1. The lowest BCUT2D eigenvalue weighted by Crippen LogP contribution is -2.28. The number of hydrogen-bond donors (Lipinski definition) is 0. The number of hydrogen-bond acceptors (Lipinski definition) is 5. The normalized spacial score (nSPS) is 12.5. The Hall–Kier alpha value is -1.84. The van der Waals surface area contributed by atoms with Gasteiger partial charge in [-0.1, -0.05) is 23.7 Å². The van der Waals surface area contributed by atoms with E-state index in [1.165, 1.54) is 29.8 Å². The highest BCUT2D eigenvalue weighted by molar-refractivity contribution is 7.88. The molecule has 1 heterocycles. The summed E-state index contributed by atoms with van der Waals surface area (Å²) < 4.78 is 66.3. The lowest BCUT2D eigenvalue weighted by atomic mass is 10.0. The van der Waals surface area contributed by atoms with Crippen LogP contribution in [0.4, 0.5) is 13.2 Å². The molecule has 25 heavy (non-hydrogen) atoms. The number of nitrogens with zero attached hydrogens (tertiary/aromatic N) is 1. The maximum Gasteiger partial charge on any atom is 0.534 e. The Morgan fingerprint density at radius 3 is 2.44 bits per heavy atom. The summed E-state index contributed by atoms with van der Waals surface area (Å²) in [5.74, 6) is -0.378. The van der Waals surface area contributed by atoms with Crippen molar-refractivity contribution in [2.24, 2.45) is 0 Å². The highest BCUT2D eigenvalue weighted by atomic mass is 35.5. The molecule has 3 aromatic rings. The van der Waals surface area contributed by atoms with Crippen LogP contribution in [0.15, 0.2) is 35.8 Å². The number of aromatic nitrogens is 1. The van der Waals surface area contributed by atoms with Gasteiger partial charge in [-0.2, -0.15) is 21.6 Å². The third-order valence-electron chi connectivity index (χ3n) is 3.37. The van der Waals surface area contributed by atoms with Crippen LogP contribution in [-0.4, -0.2) is 18.9 Å². The van der Waals surface area contributed by atoms with Crippen molar-refractivity contribution in [3.63, 3.8) is 0 Å². The first-order valence-corrected chi connectivity index (χ1v) is 9.40. The lowest BCUT2D eigenvalue weighted by molar-refractivity contribution is -0.0499. The van der Waals surface area contributed by atoms with E-state index in [4.69, 9.17) is 11.6 Å². The van der Waals surface area contributed by atoms with E-state index in [1.807, 2.05) is 0 Å². The number of alkyl halides is 3. The van der Waals surface area contributed by atoms with Crippen molar-refractivity contribution in [3.05, 3.63) is 46.4 Å². The van der Waals surface area contributed by atoms with Crippen LogP contribution >= 0.6 is 22.9 Å². The van der Waals surface area contributed by atoms with Gasteiger partial charge < -0.3 is 4.18 Å². The summed E-state index contributed by atoms with van der Waals surface area (Å²) in [6.45, 7) is 1.46.